The zero-order chi connectivity index (χ0) is 11.0. The van der Waals surface area contributed by atoms with E-state index in [4.69, 9.17) is 13.3 Å². The molecule has 0 heterocycles. The van der Waals surface area contributed by atoms with Gasteiger partial charge in [-0.05, 0) is 20.8 Å². The van der Waals surface area contributed by atoms with Crippen molar-refractivity contribution in [1.82, 2.24) is 0 Å². The lowest BCUT2D eigenvalue weighted by molar-refractivity contribution is -0.133. The highest BCUT2D eigenvalue weighted by Crippen LogP contribution is 2.09. The Morgan fingerprint density at radius 2 is 1.79 bits per heavy atom. The predicted molar refractivity (Wildman–Crippen MR) is 55.8 cm³/mol. The summed E-state index contributed by atoms with van der Waals surface area (Å²) in [7, 11) is -2.75. The van der Waals surface area contributed by atoms with Gasteiger partial charge in [0.2, 0.25) is 0 Å². The molecule has 0 saturated carbocycles. The molecule has 0 unspecified atom stereocenters. The third kappa shape index (κ3) is 5.16. The van der Waals surface area contributed by atoms with Crippen LogP contribution in [0.4, 0.5) is 0 Å². The first-order valence-electron chi connectivity index (χ1n) is 4.71. The molecule has 0 saturated heterocycles. The maximum Gasteiger partial charge on any atom is 0.564 e. The largest absolute Gasteiger partial charge is 0.564 e. The zero-order valence-corrected chi connectivity index (χ0v) is 10.2. The molecule has 5 heteroatoms. The lowest BCUT2D eigenvalue weighted by Crippen LogP contribution is -2.44. The molecule has 0 N–H and O–H groups in total. The van der Waals surface area contributed by atoms with Gasteiger partial charge in [-0.2, -0.15) is 0 Å². The van der Waals surface area contributed by atoms with Crippen LogP contribution in [0.1, 0.15) is 20.8 Å². The second-order valence-electron chi connectivity index (χ2n) is 2.65. The lowest BCUT2D eigenvalue weighted by Gasteiger charge is -2.23. The molecule has 0 aliphatic carbocycles. The number of carbonyl (C=O) groups is 1. The highest BCUT2D eigenvalue weighted by molar-refractivity contribution is 6.61. The van der Waals surface area contributed by atoms with Gasteiger partial charge < -0.3 is 13.3 Å². The molecule has 0 amide bonds. The Kier molecular flexibility index (Phi) is 6.43. The van der Waals surface area contributed by atoms with Gasteiger partial charge in [0.25, 0.3) is 0 Å². The van der Waals surface area contributed by atoms with Gasteiger partial charge in [0.1, 0.15) is 0 Å². The van der Waals surface area contributed by atoms with Gasteiger partial charge in [0, 0.05) is 25.8 Å². The SMILES string of the molecule is CC=CC(=O)O[Si](C)(OCC)OCC. The predicted octanol–water partition coefficient (Wildman–Crippen LogP) is 1.75. The molecule has 0 spiro atoms. The molecule has 0 radical (unpaired) electrons. The van der Waals surface area contributed by atoms with Crippen molar-refractivity contribution in [3.8, 4) is 0 Å². The smallest absolute Gasteiger partial charge is 0.470 e. The van der Waals surface area contributed by atoms with E-state index in [0.29, 0.717) is 13.2 Å². The van der Waals surface area contributed by atoms with Crippen LogP contribution in [0.5, 0.6) is 0 Å². The Hall–Kier alpha value is -0.653. The number of hydrogen-bond acceptors (Lipinski definition) is 4. The molecule has 0 aliphatic heterocycles. The molecule has 0 aliphatic rings. The van der Waals surface area contributed by atoms with E-state index < -0.39 is 14.8 Å². The van der Waals surface area contributed by atoms with E-state index in [-0.39, 0.29) is 0 Å². The highest BCUT2D eigenvalue weighted by Gasteiger charge is 2.37. The normalized spacial score (nSPS) is 12.0. The first-order valence-corrected chi connectivity index (χ1v) is 6.94. The quantitative estimate of drug-likeness (QED) is 0.503. The minimum Gasteiger partial charge on any atom is -0.470 e. The van der Waals surface area contributed by atoms with Crippen molar-refractivity contribution in [2.45, 2.75) is 27.3 Å². The lowest BCUT2D eigenvalue weighted by atomic mass is 10.5. The third-order valence-electron chi connectivity index (χ3n) is 1.40. The van der Waals surface area contributed by atoms with Gasteiger partial charge >= 0.3 is 14.8 Å². The summed E-state index contributed by atoms with van der Waals surface area (Å²) in [5, 5.41) is 0. The van der Waals surface area contributed by atoms with Gasteiger partial charge in [-0.25, -0.2) is 4.79 Å². The number of carbonyl (C=O) groups excluding carboxylic acids is 1. The maximum absolute atomic E-state index is 11.2. The molecule has 0 fully saturated rings. The minimum absolute atomic E-state index is 0.413. The molecular formula is C9H18O4Si. The molecule has 0 aromatic rings. The summed E-state index contributed by atoms with van der Waals surface area (Å²) < 4.78 is 15.8. The molecule has 0 rings (SSSR count). The molecule has 0 bridgehead atoms. The number of hydrogen-bond donors (Lipinski definition) is 0. The van der Waals surface area contributed by atoms with Crippen LogP contribution in [0.2, 0.25) is 6.55 Å². The van der Waals surface area contributed by atoms with Crippen LogP contribution in [0.25, 0.3) is 0 Å². The topological polar surface area (TPSA) is 44.8 Å². The third-order valence-corrected chi connectivity index (χ3v) is 3.60. The van der Waals surface area contributed by atoms with E-state index in [9.17, 15) is 4.79 Å². The summed E-state index contributed by atoms with van der Waals surface area (Å²) in [6.45, 7) is 8.10. The van der Waals surface area contributed by atoms with Crippen molar-refractivity contribution in [3.05, 3.63) is 12.2 Å². The van der Waals surface area contributed by atoms with Crippen molar-refractivity contribution in [1.29, 1.82) is 0 Å². The van der Waals surface area contributed by atoms with Crippen LogP contribution in [-0.2, 0) is 18.1 Å². The zero-order valence-electron chi connectivity index (χ0n) is 9.20. The number of rotatable bonds is 6. The van der Waals surface area contributed by atoms with Crippen molar-refractivity contribution in [3.63, 3.8) is 0 Å². The average molecular weight is 218 g/mol. The summed E-state index contributed by atoms with van der Waals surface area (Å²) in [5.41, 5.74) is 0. The fraction of sp³-hybridized carbons (Fsp3) is 0.667. The van der Waals surface area contributed by atoms with Crippen molar-refractivity contribution >= 4 is 14.8 Å². The summed E-state index contributed by atoms with van der Waals surface area (Å²) in [5.74, 6) is -0.413. The van der Waals surface area contributed by atoms with Gasteiger partial charge in [0.15, 0.2) is 0 Å². The van der Waals surface area contributed by atoms with Crippen LogP contribution >= 0.6 is 0 Å². The van der Waals surface area contributed by atoms with E-state index in [2.05, 4.69) is 0 Å². The molecular weight excluding hydrogens is 200 g/mol. The van der Waals surface area contributed by atoms with Gasteiger partial charge in [0.05, 0.1) is 0 Å². The van der Waals surface area contributed by atoms with E-state index >= 15 is 0 Å². The fourth-order valence-electron chi connectivity index (χ4n) is 0.978. The van der Waals surface area contributed by atoms with Crippen LogP contribution in [0.15, 0.2) is 12.2 Å². The Morgan fingerprint density at radius 1 is 1.29 bits per heavy atom. The molecule has 0 aromatic carbocycles. The monoisotopic (exact) mass is 218 g/mol. The minimum atomic E-state index is -2.75. The van der Waals surface area contributed by atoms with Crippen molar-refractivity contribution in [2.75, 3.05) is 13.2 Å². The average Bonchev–Trinajstić information content (AvgIpc) is 2.04. The number of allylic oxidation sites excluding steroid dienone is 1. The molecule has 82 valence electrons. The first-order chi connectivity index (χ1) is 6.58. The van der Waals surface area contributed by atoms with Gasteiger partial charge in [-0.3, -0.25) is 0 Å². The molecule has 14 heavy (non-hydrogen) atoms. The second-order valence-corrected chi connectivity index (χ2v) is 5.16. The van der Waals surface area contributed by atoms with Gasteiger partial charge in [-0.15, -0.1) is 0 Å². The van der Waals surface area contributed by atoms with Crippen LogP contribution < -0.4 is 0 Å². The van der Waals surface area contributed by atoms with Crippen LogP contribution in [0.3, 0.4) is 0 Å². The van der Waals surface area contributed by atoms with Gasteiger partial charge in [-0.1, -0.05) is 6.08 Å². The van der Waals surface area contributed by atoms with Crippen LogP contribution in [-0.4, -0.2) is 28.0 Å². The van der Waals surface area contributed by atoms with Crippen LogP contribution in [0, 0.1) is 0 Å². The highest BCUT2D eigenvalue weighted by atomic mass is 28.4. The van der Waals surface area contributed by atoms with E-state index in [1.807, 2.05) is 13.8 Å². The van der Waals surface area contributed by atoms with E-state index in [1.54, 1.807) is 19.5 Å². The Bertz CT molecular complexity index is 197. The summed E-state index contributed by atoms with van der Waals surface area (Å²) in [6.07, 6.45) is 2.97. The first kappa shape index (κ1) is 13.3. The fourth-order valence-corrected chi connectivity index (χ4v) is 2.66. The Labute approximate surface area is 86.2 Å². The Balaban J connectivity index is 4.27. The Morgan fingerprint density at radius 3 is 2.14 bits per heavy atom. The van der Waals surface area contributed by atoms with E-state index in [1.165, 1.54) is 6.08 Å². The molecule has 0 aromatic heterocycles. The van der Waals surface area contributed by atoms with Crippen molar-refractivity contribution in [2.24, 2.45) is 0 Å². The molecule has 0 atom stereocenters. The second kappa shape index (κ2) is 6.75. The summed E-state index contributed by atoms with van der Waals surface area (Å²) >= 11 is 0. The maximum atomic E-state index is 11.2. The summed E-state index contributed by atoms with van der Waals surface area (Å²) in [4.78, 5) is 11.2. The standard InChI is InChI=1S/C9H18O4Si/c1-5-8-9(10)13-14(4,11-6-2)12-7-3/h5,8H,6-7H2,1-4H3. The van der Waals surface area contributed by atoms with Crippen molar-refractivity contribution < 1.29 is 18.1 Å². The summed E-state index contributed by atoms with van der Waals surface area (Å²) in [6, 6.07) is 0. The molecule has 4 nitrogen and oxygen atoms in total. The van der Waals surface area contributed by atoms with E-state index in [0.717, 1.165) is 0 Å².